The van der Waals surface area contributed by atoms with Crippen molar-refractivity contribution in [3.8, 4) is 0 Å². The van der Waals surface area contributed by atoms with E-state index < -0.39 is 0 Å². The van der Waals surface area contributed by atoms with E-state index in [9.17, 15) is 4.79 Å². The predicted molar refractivity (Wildman–Crippen MR) is 72.7 cm³/mol. The zero-order chi connectivity index (χ0) is 13.2. The van der Waals surface area contributed by atoms with Crippen LogP contribution in [0.5, 0.6) is 0 Å². The molecule has 0 spiro atoms. The van der Waals surface area contributed by atoms with Gasteiger partial charge in [-0.25, -0.2) is 4.98 Å². The summed E-state index contributed by atoms with van der Waals surface area (Å²) in [6.07, 6.45) is 2.43. The van der Waals surface area contributed by atoms with Crippen molar-refractivity contribution < 1.29 is 4.74 Å². The Kier molecular flexibility index (Phi) is 3.52. The van der Waals surface area contributed by atoms with E-state index in [1.165, 1.54) is 0 Å². The van der Waals surface area contributed by atoms with Crippen molar-refractivity contribution in [1.82, 2.24) is 15.3 Å². The third-order valence-electron chi connectivity index (χ3n) is 3.61. The number of nitrogens with one attached hydrogen (secondary N) is 2. The second-order valence-corrected chi connectivity index (χ2v) is 5.26. The van der Waals surface area contributed by atoms with Crippen LogP contribution in [0.2, 0.25) is 0 Å². The Morgan fingerprint density at radius 3 is 3.16 bits per heavy atom. The highest BCUT2D eigenvalue weighted by Crippen LogP contribution is 2.37. The monoisotopic (exact) mass is 264 g/mol. The maximum atomic E-state index is 11.7. The molecule has 0 radical (unpaired) electrons. The normalized spacial score (nSPS) is 23.6. The van der Waals surface area contributed by atoms with E-state index in [0.717, 1.165) is 44.1 Å². The van der Waals surface area contributed by atoms with Gasteiger partial charge < -0.3 is 19.9 Å². The summed E-state index contributed by atoms with van der Waals surface area (Å²) in [7, 11) is 1.92. The van der Waals surface area contributed by atoms with Crippen LogP contribution >= 0.6 is 0 Å². The first-order valence-corrected chi connectivity index (χ1v) is 6.88. The molecule has 6 nitrogen and oxygen atoms in total. The average molecular weight is 264 g/mol. The molecule has 2 N–H and O–H groups in total. The van der Waals surface area contributed by atoms with Crippen molar-refractivity contribution in [2.75, 3.05) is 38.2 Å². The van der Waals surface area contributed by atoms with E-state index in [1.807, 2.05) is 7.05 Å². The molecule has 19 heavy (non-hydrogen) atoms. The Balaban J connectivity index is 1.78. The van der Waals surface area contributed by atoms with Crippen LogP contribution in [-0.2, 0) is 4.74 Å². The number of ether oxygens (including phenoxy) is 1. The number of anilines is 1. The minimum absolute atomic E-state index is 0.0523. The largest absolute Gasteiger partial charge is 0.373 e. The van der Waals surface area contributed by atoms with Gasteiger partial charge in [-0.05, 0) is 19.9 Å². The van der Waals surface area contributed by atoms with Crippen molar-refractivity contribution in [2.45, 2.75) is 24.9 Å². The molecule has 1 aromatic heterocycles. The van der Waals surface area contributed by atoms with Gasteiger partial charge in [0.2, 0.25) is 0 Å². The van der Waals surface area contributed by atoms with Gasteiger partial charge in [-0.15, -0.1) is 0 Å². The van der Waals surface area contributed by atoms with E-state index in [2.05, 4.69) is 20.2 Å². The van der Waals surface area contributed by atoms with E-state index in [4.69, 9.17) is 4.74 Å². The highest BCUT2D eigenvalue weighted by molar-refractivity contribution is 5.38. The fourth-order valence-electron chi connectivity index (χ4n) is 2.45. The molecular weight excluding hydrogens is 244 g/mol. The van der Waals surface area contributed by atoms with Crippen LogP contribution in [0.1, 0.15) is 24.6 Å². The number of nitrogens with zero attached hydrogens (tertiary/aromatic N) is 2. The van der Waals surface area contributed by atoms with Crippen molar-refractivity contribution in [1.29, 1.82) is 0 Å². The molecule has 104 valence electrons. The van der Waals surface area contributed by atoms with Gasteiger partial charge in [0.1, 0.15) is 11.6 Å². The van der Waals surface area contributed by atoms with Crippen LogP contribution in [0.4, 0.5) is 5.82 Å². The molecule has 1 saturated carbocycles. The quantitative estimate of drug-likeness (QED) is 0.805. The summed E-state index contributed by atoms with van der Waals surface area (Å²) < 4.78 is 5.67. The predicted octanol–water partition coefficient (Wildman–Crippen LogP) is 0.0719. The molecule has 6 heteroatoms. The average Bonchev–Trinajstić information content (AvgIpc) is 3.23. The number of rotatable bonds is 4. The highest BCUT2D eigenvalue weighted by Gasteiger charge is 2.28. The lowest BCUT2D eigenvalue weighted by atomic mass is 10.2. The summed E-state index contributed by atoms with van der Waals surface area (Å²) in [5, 5.41) is 3.12. The first-order valence-electron chi connectivity index (χ1n) is 6.88. The van der Waals surface area contributed by atoms with Gasteiger partial charge >= 0.3 is 0 Å². The summed E-state index contributed by atoms with van der Waals surface area (Å²) in [6, 6.07) is 1.59. The van der Waals surface area contributed by atoms with Crippen LogP contribution < -0.4 is 15.8 Å². The van der Waals surface area contributed by atoms with Gasteiger partial charge in [0.15, 0.2) is 0 Å². The Morgan fingerprint density at radius 2 is 2.42 bits per heavy atom. The smallest absolute Gasteiger partial charge is 0.252 e. The number of hydrogen-bond acceptors (Lipinski definition) is 5. The Hall–Kier alpha value is -1.40. The van der Waals surface area contributed by atoms with E-state index in [1.54, 1.807) is 6.07 Å². The van der Waals surface area contributed by atoms with E-state index in [-0.39, 0.29) is 11.7 Å². The fourth-order valence-corrected chi connectivity index (χ4v) is 2.45. The third kappa shape index (κ3) is 2.96. The standard InChI is InChI=1S/C13H20N4O2/c1-14-7-10-8-17(4-5-19-10)11-6-12(18)16-13(15-11)9-2-3-9/h6,9-10,14H,2-5,7-8H2,1H3,(H,15,16,18). The maximum absolute atomic E-state index is 11.7. The third-order valence-corrected chi connectivity index (χ3v) is 3.61. The summed E-state index contributed by atoms with van der Waals surface area (Å²) in [6.45, 7) is 3.07. The zero-order valence-electron chi connectivity index (χ0n) is 11.2. The Bertz CT molecular complexity index is 496. The molecule has 0 bridgehead atoms. The van der Waals surface area contributed by atoms with E-state index in [0.29, 0.717) is 12.5 Å². The van der Waals surface area contributed by atoms with E-state index >= 15 is 0 Å². The minimum Gasteiger partial charge on any atom is -0.373 e. The summed E-state index contributed by atoms with van der Waals surface area (Å²) >= 11 is 0. The highest BCUT2D eigenvalue weighted by atomic mass is 16.5. The van der Waals surface area contributed by atoms with Gasteiger partial charge in [-0.1, -0.05) is 0 Å². The molecule has 1 aromatic rings. The van der Waals surface area contributed by atoms with Crippen molar-refractivity contribution in [2.24, 2.45) is 0 Å². The zero-order valence-corrected chi connectivity index (χ0v) is 11.2. The number of hydrogen-bond donors (Lipinski definition) is 2. The number of likely N-dealkylation sites (N-methyl/N-ethyl adjacent to an activating group) is 1. The Morgan fingerprint density at radius 1 is 1.58 bits per heavy atom. The van der Waals surface area contributed by atoms with Crippen molar-refractivity contribution >= 4 is 5.82 Å². The van der Waals surface area contributed by atoms with Gasteiger partial charge in [-0.2, -0.15) is 0 Å². The second kappa shape index (κ2) is 5.30. The summed E-state index contributed by atoms with van der Waals surface area (Å²) in [5.41, 5.74) is -0.0523. The molecule has 2 fully saturated rings. The minimum atomic E-state index is -0.0523. The molecule has 1 saturated heterocycles. The molecule has 1 aliphatic heterocycles. The van der Waals surface area contributed by atoms with Crippen LogP contribution in [0.25, 0.3) is 0 Å². The van der Waals surface area contributed by atoms with Gasteiger partial charge in [0.25, 0.3) is 5.56 Å². The molecule has 0 amide bonds. The summed E-state index contributed by atoms with van der Waals surface area (Å²) in [5.74, 6) is 2.09. The topological polar surface area (TPSA) is 70.2 Å². The lowest BCUT2D eigenvalue weighted by molar-refractivity contribution is 0.0419. The van der Waals surface area contributed by atoms with Crippen molar-refractivity contribution in [3.63, 3.8) is 0 Å². The lowest BCUT2D eigenvalue weighted by Crippen LogP contribution is -2.46. The first-order chi connectivity index (χ1) is 9.26. The molecule has 3 rings (SSSR count). The Labute approximate surface area is 112 Å². The summed E-state index contributed by atoms with van der Waals surface area (Å²) in [4.78, 5) is 21.3. The van der Waals surface area contributed by atoms with Gasteiger partial charge in [0.05, 0.1) is 12.7 Å². The molecule has 1 atom stereocenters. The fraction of sp³-hybridized carbons (Fsp3) is 0.692. The number of aromatic amines is 1. The molecule has 1 aliphatic carbocycles. The molecule has 0 aromatic carbocycles. The first kappa shape index (κ1) is 12.6. The molecular formula is C13H20N4O2. The van der Waals surface area contributed by atoms with Crippen LogP contribution in [0, 0.1) is 0 Å². The number of morpholine rings is 1. The van der Waals surface area contributed by atoms with Gasteiger partial charge in [-0.3, -0.25) is 4.79 Å². The van der Waals surface area contributed by atoms with Crippen molar-refractivity contribution in [3.05, 3.63) is 22.2 Å². The van der Waals surface area contributed by atoms with Gasteiger partial charge in [0, 0.05) is 31.6 Å². The number of H-pyrrole nitrogens is 1. The molecule has 1 unspecified atom stereocenters. The lowest BCUT2D eigenvalue weighted by Gasteiger charge is -2.33. The number of aromatic nitrogens is 2. The van der Waals surface area contributed by atoms with Crippen LogP contribution in [0.15, 0.2) is 10.9 Å². The molecule has 2 aliphatic rings. The molecule has 2 heterocycles. The maximum Gasteiger partial charge on any atom is 0.252 e. The van der Waals surface area contributed by atoms with Crippen LogP contribution in [0.3, 0.4) is 0 Å². The van der Waals surface area contributed by atoms with Crippen LogP contribution in [-0.4, -0.2) is 49.4 Å². The second-order valence-electron chi connectivity index (χ2n) is 5.26. The SMILES string of the molecule is CNCC1CN(c2cc(=O)[nH]c(C3CC3)n2)CCO1.